The standard InChI is InChI=1S/C24H34IN3O3Si.C21H25N3O4/c1-14(2)32(15(3)4,16(5)6)28-13-18(25)22-24(28)26-12-19(27-22)17-10-20(29-7)23(31-9)21(11-17)30-8;1-7-21(2,3)19(25)13-10-22-20-17(13)24-14(11-23-20)12-8-15(26-4)18(28-6)16(9-12)27-5/h10-16H,1-9H3;8-11H,7H2,1-6H3,(H,22,23). The number of Topliss-reactive ketones (excluding diaryl/α,β-unsaturated/α-hetero) is 1. The molecule has 6 rings (SSSR count). The summed E-state index contributed by atoms with van der Waals surface area (Å²) in [5, 5.41) is 0. The molecule has 322 valence electrons. The van der Waals surface area contributed by atoms with Gasteiger partial charge < -0.3 is 37.6 Å². The normalized spacial score (nSPS) is 11.9. The maximum absolute atomic E-state index is 13.0. The van der Waals surface area contributed by atoms with Gasteiger partial charge in [-0.3, -0.25) is 4.79 Å². The van der Waals surface area contributed by atoms with E-state index in [1.807, 2.05) is 39.1 Å². The molecular weight excluding hydrogens is 892 g/mol. The average Bonchev–Trinajstić information content (AvgIpc) is 3.82. The van der Waals surface area contributed by atoms with Gasteiger partial charge in [0, 0.05) is 28.9 Å². The fraction of sp³-hybridized carbons (Fsp3) is 0.444. The predicted octanol–water partition coefficient (Wildman–Crippen LogP) is 11.0. The molecule has 4 aromatic heterocycles. The Kier molecular flexibility index (Phi) is 14.5. The number of carbonyl (C=O) groups is 1. The van der Waals surface area contributed by atoms with E-state index in [0.717, 1.165) is 38.0 Å². The summed E-state index contributed by atoms with van der Waals surface area (Å²) in [5.41, 5.74) is 7.85. The van der Waals surface area contributed by atoms with Crippen molar-refractivity contribution in [2.24, 2.45) is 5.41 Å². The molecule has 0 radical (unpaired) electrons. The molecule has 0 saturated heterocycles. The van der Waals surface area contributed by atoms with Crippen molar-refractivity contribution in [3.8, 4) is 57.0 Å². The molecule has 6 aromatic rings. The van der Waals surface area contributed by atoms with Crippen LogP contribution in [0.3, 0.4) is 0 Å². The minimum atomic E-state index is -1.93. The first-order valence-electron chi connectivity index (χ1n) is 20.0. The van der Waals surface area contributed by atoms with Crippen LogP contribution in [-0.4, -0.2) is 85.8 Å². The predicted molar refractivity (Wildman–Crippen MR) is 249 cm³/mol. The molecule has 0 atom stereocenters. The zero-order valence-electron chi connectivity index (χ0n) is 37.5. The van der Waals surface area contributed by atoms with Gasteiger partial charge in [0.2, 0.25) is 11.5 Å². The van der Waals surface area contributed by atoms with Gasteiger partial charge >= 0.3 is 0 Å². The number of carbonyl (C=O) groups excluding carboxylic acids is 1. The first kappa shape index (κ1) is 46.2. The van der Waals surface area contributed by atoms with Gasteiger partial charge in [-0.1, -0.05) is 62.3 Å². The number of methoxy groups -OCH3 is 6. The molecule has 0 bridgehead atoms. The van der Waals surface area contributed by atoms with Crippen LogP contribution in [0.25, 0.3) is 44.8 Å². The maximum Gasteiger partial charge on any atom is 0.203 e. The van der Waals surface area contributed by atoms with Crippen molar-refractivity contribution in [1.29, 1.82) is 0 Å². The summed E-state index contributed by atoms with van der Waals surface area (Å²) in [6, 6.07) is 7.44. The Morgan fingerprint density at radius 1 is 0.717 bits per heavy atom. The average molecular weight is 951 g/mol. The van der Waals surface area contributed by atoms with Crippen LogP contribution in [0.4, 0.5) is 0 Å². The highest BCUT2D eigenvalue weighted by molar-refractivity contribution is 14.1. The number of rotatable bonds is 15. The van der Waals surface area contributed by atoms with Gasteiger partial charge in [0.25, 0.3) is 0 Å². The highest BCUT2D eigenvalue weighted by Gasteiger charge is 2.46. The smallest absolute Gasteiger partial charge is 0.203 e. The lowest BCUT2D eigenvalue weighted by atomic mass is 9.82. The minimum absolute atomic E-state index is 0.0394. The molecule has 0 spiro atoms. The van der Waals surface area contributed by atoms with Gasteiger partial charge in [-0.2, -0.15) is 0 Å². The Balaban J connectivity index is 0.000000230. The van der Waals surface area contributed by atoms with Crippen molar-refractivity contribution < 1.29 is 33.2 Å². The molecule has 13 nitrogen and oxygen atoms in total. The number of benzene rings is 2. The summed E-state index contributed by atoms with van der Waals surface area (Å²) in [7, 11) is 7.58. The fourth-order valence-corrected chi connectivity index (χ4v) is 15.9. The van der Waals surface area contributed by atoms with E-state index in [4.69, 9.17) is 43.4 Å². The second-order valence-corrected chi connectivity index (χ2v) is 23.1. The van der Waals surface area contributed by atoms with Gasteiger partial charge in [-0.15, -0.1) is 0 Å². The number of halogens is 1. The number of hydrogen-bond donors (Lipinski definition) is 1. The molecule has 2 aromatic carbocycles. The summed E-state index contributed by atoms with van der Waals surface area (Å²) in [5.74, 6) is 3.36. The van der Waals surface area contributed by atoms with Crippen LogP contribution in [0, 0.1) is 8.99 Å². The van der Waals surface area contributed by atoms with Crippen molar-refractivity contribution in [1.82, 2.24) is 29.2 Å². The number of nitrogens with zero attached hydrogens (tertiary/aromatic N) is 5. The lowest BCUT2D eigenvalue weighted by Gasteiger charge is -2.44. The Labute approximate surface area is 368 Å². The van der Waals surface area contributed by atoms with E-state index in [1.165, 1.54) is 0 Å². The summed E-state index contributed by atoms with van der Waals surface area (Å²) < 4.78 is 36.4. The van der Waals surface area contributed by atoms with Crippen LogP contribution in [0.1, 0.15) is 79.1 Å². The molecule has 1 N–H and O–H groups in total. The number of hydrogen-bond acceptors (Lipinski definition) is 11. The zero-order chi connectivity index (χ0) is 44.3. The van der Waals surface area contributed by atoms with E-state index in [0.29, 0.717) is 73.5 Å². The van der Waals surface area contributed by atoms with Crippen molar-refractivity contribution in [2.75, 3.05) is 42.7 Å². The second-order valence-electron chi connectivity index (χ2n) is 16.2. The Hall–Kier alpha value is -4.90. The van der Waals surface area contributed by atoms with Gasteiger partial charge in [0.15, 0.2) is 48.3 Å². The molecule has 0 saturated carbocycles. The molecule has 60 heavy (non-hydrogen) atoms. The number of ether oxygens (including phenoxy) is 6. The van der Waals surface area contributed by atoms with Crippen LogP contribution >= 0.6 is 22.6 Å². The lowest BCUT2D eigenvalue weighted by Crippen LogP contribution is -2.51. The first-order chi connectivity index (χ1) is 28.5. The summed E-state index contributed by atoms with van der Waals surface area (Å²) in [6.45, 7) is 20.1. The third kappa shape index (κ3) is 8.39. The van der Waals surface area contributed by atoms with E-state index < -0.39 is 13.7 Å². The SMILES string of the molecule is CCC(C)(C)C(=O)c1c[nH]c2ncc(-c3cc(OC)c(OC)c(OC)c3)nc12.COc1cc(-c2cnc3c(n2)c(I)cn3[Si](C(C)C)(C(C)C)C(C)C)cc(OC)c1OC. The summed E-state index contributed by atoms with van der Waals surface area (Å²) in [6.07, 6.45) is 8.20. The Morgan fingerprint density at radius 3 is 1.55 bits per heavy atom. The van der Waals surface area contributed by atoms with Crippen molar-refractivity contribution in [3.05, 3.63) is 58.2 Å². The molecule has 0 aliphatic heterocycles. The number of H-pyrrole nitrogens is 1. The van der Waals surface area contributed by atoms with E-state index in [9.17, 15) is 4.79 Å². The molecule has 0 amide bonds. The zero-order valence-corrected chi connectivity index (χ0v) is 40.7. The van der Waals surface area contributed by atoms with Crippen LogP contribution in [0.15, 0.2) is 49.1 Å². The summed E-state index contributed by atoms with van der Waals surface area (Å²) in [4.78, 5) is 35.2. The Bertz CT molecular complexity index is 2410. The molecule has 15 heteroatoms. The number of nitrogens with one attached hydrogen (secondary N) is 1. The molecule has 0 aliphatic rings. The fourth-order valence-electron chi connectivity index (χ4n) is 8.41. The minimum Gasteiger partial charge on any atom is -0.493 e. The van der Waals surface area contributed by atoms with Gasteiger partial charge in [0.1, 0.15) is 11.0 Å². The molecule has 0 fully saturated rings. The number of aromatic nitrogens is 6. The van der Waals surface area contributed by atoms with Gasteiger partial charge in [-0.05, 0) is 69.9 Å². The molecule has 0 aliphatic carbocycles. The first-order valence-corrected chi connectivity index (χ1v) is 23.3. The highest BCUT2D eigenvalue weighted by Crippen LogP contribution is 2.46. The third-order valence-electron chi connectivity index (χ3n) is 11.7. The van der Waals surface area contributed by atoms with Crippen LogP contribution < -0.4 is 28.4 Å². The van der Waals surface area contributed by atoms with Crippen LogP contribution in [-0.2, 0) is 0 Å². The van der Waals surface area contributed by atoms with E-state index >= 15 is 0 Å². The monoisotopic (exact) mass is 950 g/mol. The number of ketones is 1. The molecular formula is C45H59IN6O7Si. The van der Waals surface area contributed by atoms with Gasteiger partial charge in [-0.25, -0.2) is 19.9 Å². The maximum atomic E-state index is 13.0. The summed E-state index contributed by atoms with van der Waals surface area (Å²) >= 11 is 2.39. The van der Waals surface area contributed by atoms with E-state index in [1.54, 1.807) is 67.2 Å². The molecule has 4 heterocycles. The topological polar surface area (TPSA) is 145 Å². The third-order valence-corrected chi connectivity index (χ3v) is 19.2. The highest BCUT2D eigenvalue weighted by atomic mass is 127. The van der Waals surface area contributed by atoms with Crippen LogP contribution in [0.5, 0.6) is 34.5 Å². The lowest BCUT2D eigenvalue weighted by molar-refractivity contribution is 0.0834. The quantitative estimate of drug-likeness (QED) is 0.0596. The van der Waals surface area contributed by atoms with E-state index in [2.05, 4.69) is 84.5 Å². The molecule has 0 unspecified atom stereocenters. The Morgan fingerprint density at radius 2 is 1.15 bits per heavy atom. The van der Waals surface area contributed by atoms with Gasteiger partial charge in [0.05, 0.1) is 75.6 Å². The van der Waals surface area contributed by atoms with Crippen LogP contribution in [0.2, 0.25) is 16.6 Å². The van der Waals surface area contributed by atoms with Crippen molar-refractivity contribution in [2.45, 2.75) is 85.4 Å². The van der Waals surface area contributed by atoms with E-state index in [-0.39, 0.29) is 5.78 Å². The van der Waals surface area contributed by atoms with Crippen molar-refractivity contribution in [3.63, 3.8) is 0 Å². The number of fused-ring (bicyclic) bond motifs is 2. The largest absolute Gasteiger partial charge is 0.493 e. The number of aromatic amines is 1. The van der Waals surface area contributed by atoms with Crippen molar-refractivity contribution >= 4 is 58.9 Å². The second kappa shape index (κ2) is 18.8.